The molecule has 1 amide bonds. The Balaban J connectivity index is 1.90. The minimum atomic E-state index is 0.00716. The maximum atomic E-state index is 12.3. The van der Waals surface area contributed by atoms with E-state index in [-0.39, 0.29) is 11.9 Å². The molecule has 1 saturated heterocycles. The Labute approximate surface area is 126 Å². The monoisotopic (exact) mass is 294 g/mol. The van der Waals surface area contributed by atoms with Crippen molar-refractivity contribution in [2.24, 2.45) is 0 Å². The molecular formula is C16H23ClN2O. The van der Waals surface area contributed by atoms with Crippen LogP contribution in [-0.2, 0) is 4.79 Å². The Hall–Kier alpha value is -1.06. The first-order valence-corrected chi connectivity index (χ1v) is 7.71. The summed E-state index contributed by atoms with van der Waals surface area (Å²) in [5.74, 6) is 0.186. The van der Waals surface area contributed by atoms with Gasteiger partial charge in [0.1, 0.15) is 0 Å². The summed E-state index contributed by atoms with van der Waals surface area (Å²) in [5, 5.41) is 4.15. The molecule has 0 saturated carbocycles. The Morgan fingerprint density at radius 1 is 1.50 bits per heavy atom. The summed E-state index contributed by atoms with van der Waals surface area (Å²) in [7, 11) is 1.86. The van der Waals surface area contributed by atoms with E-state index in [0.29, 0.717) is 12.5 Å². The van der Waals surface area contributed by atoms with Gasteiger partial charge in [-0.05, 0) is 44.4 Å². The molecule has 1 aliphatic heterocycles. The number of carbonyl (C=O) groups excluding carboxylic acids is 1. The van der Waals surface area contributed by atoms with Crippen molar-refractivity contribution in [3.05, 3.63) is 34.9 Å². The number of benzene rings is 1. The lowest BCUT2D eigenvalue weighted by atomic mass is 10.1. The molecule has 0 radical (unpaired) electrons. The number of hydrogen-bond donors (Lipinski definition) is 1. The maximum absolute atomic E-state index is 12.3. The molecule has 2 rings (SSSR count). The number of nitrogens with one attached hydrogen (secondary N) is 1. The van der Waals surface area contributed by atoms with Gasteiger partial charge >= 0.3 is 0 Å². The van der Waals surface area contributed by atoms with Crippen molar-refractivity contribution in [3.63, 3.8) is 0 Å². The lowest BCUT2D eigenvalue weighted by Crippen LogP contribution is -2.31. The molecule has 2 unspecified atom stereocenters. The molecule has 4 heteroatoms. The summed E-state index contributed by atoms with van der Waals surface area (Å²) in [6.45, 7) is 3.11. The Morgan fingerprint density at radius 2 is 2.25 bits per heavy atom. The molecule has 20 heavy (non-hydrogen) atoms. The van der Waals surface area contributed by atoms with E-state index in [1.54, 1.807) is 4.90 Å². The van der Waals surface area contributed by atoms with Crippen LogP contribution < -0.4 is 5.32 Å². The van der Waals surface area contributed by atoms with Gasteiger partial charge in [-0.15, -0.1) is 0 Å². The van der Waals surface area contributed by atoms with Gasteiger partial charge in [-0.3, -0.25) is 4.79 Å². The summed E-state index contributed by atoms with van der Waals surface area (Å²) < 4.78 is 0. The van der Waals surface area contributed by atoms with Crippen LogP contribution in [0.2, 0.25) is 5.02 Å². The zero-order valence-corrected chi connectivity index (χ0v) is 13.0. The van der Waals surface area contributed by atoms with E-state index in [1.807, 2.05) is 38.2 Å². The smallest absolute Gasteiger partial charge is 0.222 e. The molecule has 0 bridgehead atoms. The first-order valence-electron chi connectivity index (χ1n) is 7.33. The number of rotatable bonds is 5. The quantitative estimate of drug-likeness (QED) is 0.903. The largest absolute Gasteiger partial charge is 0.339 e. The predicted molar refractivity (Wildman–Crippen MR) is 82.9 cm³/mol. The Morgan fingerprint density at radius 3 is 2.90 bits per heavy atom. The number of amides is 1. The van der Waals surface area contributed by atoms with Gasteiger partial charge in [-0.1, -0.05) is 29.8 Å². The van der Waals surface area contributed by atoms with Gasteiger partial charge in [0.15, 0.2) is 0 Å². The molecule has 1 N–H and O–H groups in total. The van der Waals surface area contributed by atoms with Crippen LogP contribution in [0.1, 0.15) is 44.2 Å². The van der Waals surface area contributed by atoms with Crippen LogP contribution in [0.15, 0.2) is 24.3 Å². The normalized spacial score (nSPS) is 19.9. The maximum Gasteiger partial charge on any atom is 0.222 e. The van der Waals surface area contributed by atoms with Crippen molar-refractivity contribution >= 4 is 17.5 Å². The highest BCUT2D eigenvalue weighted by Crippen LogP contribution is 2.26. The lowest BCUT2D eigenvalue weighted by Gasteiger charge is -2.26. The van der Waals surface area contributed by atoms with E-state index < -0.39 is 0 Å². The lowest BCUT2D eigenvalue weighted by molar-refractivity contribution is -0.132. The van der Waals surface area contributed by atoms with Gasteiger partial charge in [0.2, 0.25) is 5.91 Å². The fourth-order valence-corrected chi connectivity index (χ4v) is 3.01. The first-order chi connectivity index (χ1) is 9.59. The molecular weight excluding hydrogens is 272 g/mol. The Kier molecular flexibility index (Phi) is 5.44. The molecule has 0 aromatic heterocycles. The fourth-order valence-electron chi connectivity index (χ4n) is 2.72. The van der Waals surface area contributed by atoms with E-state index in [9.17, 15) is 4.79 Å². The number of hydrogen-bond acceptors (Lipinski definition) is 2. The zero-order chi connectivity index (χ0) is 14.5. The van der Waals surface area contributed by atoms with Crippen molar-refractivity contribution in [2.45, 2.75) is 44.7 Å². The molecule has 0 aliphatic carbocycles. The Bertz CT molecular complexity index is 458. The third-order valence-electron chi connectivity index (χ3n) is 4.20. The highest BCUT2D eigenvalue weighted by molar-refractivity contribution is 6.31. The zero-order valence-electron chi connectivity index (χ0n) is 12.2. The minimum Gasteiger partial charge on any atom is -0.339 e. The number of carbonyl (C=O) groups is 1. The third-order valence-corrected chi connectivity index (χ3v) is 4.54. The average molecular weight is 295 g/mol. The van der Waals surface area contributed by atoms with E-state index in [4.69, 9.17) is 11.6 Å². The van der Waals surface area contributed by atoms with Crippen molar-refractivity contribution < 1.29 is 4.79 Å². The van der Waals surface area contributed by atoms with Crippen molar-refractivity contribution in [2.75, 3.05) is 13.6 Å². The molecule has 1 aliphatic rings. The van der Waals surface area contributed by atoms with E-state index in [1.165, 1.54) is 12.8 Å². The van der Waals surface area contributed by atoms with Crippen molar-refractivity contribution in [3.8, 4) is 0 Å². The van der Waals surface area contributed by atoms with Crippen LogP contribution in [0.5, 0.6) is 0 Å². The van der Waals surface area contributed by atoms with Crippen LogP contribution >= 0.6 is 11.6 Å². The minimum absolute atomic E-state index is 0.00716. The summed E-state index contributed by atoms with van der Waals surface area (Å²) in [6.07, 6.45) is 3.95. The summed E-state index contributed by atoms with van der Waals surface area (Å²) >= 11 is 6.20. The summed E-state index contributed by atoms with van der Waals surface area (Å²) in [4.78, 5) is 14.1. The molecule has 3 nitrogen and oxygen atoms in total. The van der Waals surface area contributed by atoms with Crippen molar-refractivity contribution in [1.82, 2.24) is 10.2 Å². The van der Waals surface area contributed by atoms with Gasteiger partial charge < -0.3 is 10.2 Å². The SMILES string of the molecule is CC(c1ccccc1Cl)N(C)C(=O)CCC1CCCN1. The summed E-state index contributed by atoms with van der Waals surface area (Å²) in [5.41, 5.74) is 1.00. The topological polar surface area (TPSA) is 32.3 Å². The van der Waals surface area contributed by atoms with Gasteiger partial charge in [0.25, 0.3) is 0 Å². The van der Waals surface area contributed by atoms with Crippen molar-refractivity contribution in [1.29, 1.82) is 0 Å². The second-order valence-corrected chi connectivity index (χ2v) is 5.94. The number of halogens is 1. The molecule has 110 valence electrons. The van der Waals surface area contributed by atoms with Crippen LogP contribution in [0.3, 0.4) is 0 Å². The predicted octanol–water partition coefficient (Wildman–Crippen LogP) is 3.39. The molecule has 0 spiro atoms. The van der Waals surface area contributed by atoms with Crippen LogP contribution in [0.4, 0.5) is 0 Å². The number of nitrogens with zero attached hydrogens (tertiary/aromatic N) is 1. The first kappa shape index (κ1) is 15.3. The fraction of sp³-hybridized carbons (Fsp3) is 0.562. The van der Waals surface area contributed by atoms with Gasteiger partial charge in [-0.25, -0.2) is 0 Å². The van der Waals surface area contributed by atoms with Gasteiger partial charge in [0.05, 0.1) is 6.04 Å². The van der Waals surface area contributed by atoms with E-state index in [0.717, 1.165) is 23.6 Å². The second kappa shape index (κ2) is 7.09. The molecule has 1 aromatic rings. The van der Waals surface area contributed by atoms with Gasteiger partial charge in [-0.2, -0.15) is 0 Å². The molecule has 1 heterocycles. The van der Waals surface area contributed by atoms with E-state index in [2.05, 4.69) is 5.32 Å². The standard InChI is InChI=1S/C16H23ClN2O/c1-12(14-7-3-4-8-15(14)17)19(2)16(20)10-9-13-6-5-11-18-13/h3-4,7-8,12-13,18H,5-6,9-11H2,1-2H3. The summed E-state index contributed by atoms with van der Waals surface area (Å²) in [6, 6.07) is 8.24. The molecule has 1 fully saturated rings. The van der Waals surface area contributed by atoms with Crippen LogP contribution in [0.25, 0.3) is 0 Å². The molecule has 2 atom stereocenters. The third kappa shape index (κ3) is 3.74. The van der Waals surface area contributed by atoms with E-state index >= 15 is 0 Å². The second-order valence-electron chi connectivity index (χ2n) is 5.53. The van der Waals surface area contributed by atoms with Crippen LogP contribution in [0, 0.1) is 0 Å². The highest BCUT2D eigenvalue weighted by Gasteiger charge is 2.21. The van der Waals surface area contributed by atoms with Gasteiger partial charge in [0, 0.05) is 24.5 Å². The van der Waals surface area contributed by atoms with Crippen LogP contribution in [-0.4, -0.2) is 30.4 Å². The average Bonchev–Trinajstić information content (AvgIpc) is 2.97. The highest BCUT2D eigenvalue weighted by atomic mass is 35.5. The molecule has 1 aromatic carbocycles.